The molecule has 2 rings (SSSR count). The molecule has 11 heavy (non-hydrogen) atoms. The summed E-state index contributed by atoms with van der Waals surface area (Å²) in [6.07, 6.45) is 4.18. The Hall–Kier alpha value is -0.0800. The molecule has 0 amide bonds. The lowest BCUT2D eigenvalue weighted by molar-refractivity contribution is 0.375. The van der Waals surface area contributed by atoms with Crippen molar-refractivity contribution in [1.29, 1.82) is 0 Å². The van der Waals surface area contributed by atoms with Crippen molar-refractivity contribution in [3.63, 3.8) is 0 Å². The molecule has 0 spiro atoms. The fourth-order valence-electron chi connectivity index (χ4n) is 0.962. The third-order valence-electron chi connectivity index (χ3n) is 2.10. The summed E-state index contributed by atoms with van der Waals surface area (Å²) >= 11 is 0. The highest BCUT2D eigenvalue weighted by Crippen LogP contribution is 2.23. The predicted octanol–water partition coefficient (Wildman–Crippen LogP) is 1.98. The molecule has 0 aromatic heterocycles. The van der Waals surface area contributed by atoms with Crippen LogP contribution in [-0.2, 0) is 9.47 Å². The van der Waals surface area contributed by atoms with Gasteiger partial charge in [0.15, 0.2) is 0 Å². The van der Waals surface area contributed by atoms with E-state index in [1.54, 1.807) is 0 Å². The average Bonchev–Trinajstić information content (AvgIpc) is 2.82. The zero-order valence-corrected chi connectivity index (χ0v) is 7.67. The smallest absolute Gasteiger partial charge is 0.0836 e. The van der Waals surface area contributed by atoms with Crippen molar-refractivity contribution in [2.45, 2.75) is 51.9 Å². The summed E-state index contributed by atoms with van der Waals surface area (Å²) in [7, 11) is 0. The van der Waals surface area contributed by atoms with Gasteiger partial charge in [0.1, 0.15) is 0 Å². The van der Waals surface area contributed by atoms with Gasteiger partial charge in [-0.1, -0.05) is 13.8 Å². The molecule has 3 atom stereocenters. The van der Waals surface area contributed by atoms with Gasteiger partial charge in [0.2, 0.25) is 0 Å². The normalized spacial score (nSPS) is 39.0. The van der Waals surface area contributed by atoms with Gasteiger partial charge in [0.05, 0.1) is 24.9 Å². The molecular weight excluding hydrogens is 140 g/mol. The van der Waals surface area contributed by atoms with E-state index in [2.05, 4.69) is 20.8 Å². The second kappa shape index (κ2) is 4.07. The van der Waals surface area contributed by atoms with Crippen LogP contribution in [-0.4, -0.2) is 24.9 Å². The molecule has 0 saturated carbocycles. The standard InChI is InChI=1S/C5H10O.C4H8O/c1-3-5-4(2)6-5;1-2-4-3-5-4/h4-5H,3H2,1-2H3;4H,2-3H2,1H3. The van der Waals surface area contributed by atoms with Gasteiger partial charge in [0.25, 0.3) is 0 Å². The summed E-state index contributed by atoms with van der Waals surface area (Å²) < 4.78 is 9.92. The molecule has 0 radical (unpaired) electrons. The average molecular weight is 158 g/mol. The Morgan fingerprint density at radius 3 is 1.82 bits per heavy atom. The van der Waals surface area contributed by atoms with Crippen LogP contribution < -0.4 is 0 Å². The molecule has 2 aliphatic rings. The van der Waals surface area contributed by atoms with E-state index < -0.39 is 0 Å². The fraction of sp³-hybridized carbons (Fsp3) is 1.00. The monoisotopic (exact) mass is 158 g/mol. The molecule has 2 saturated heterocycles. The van der Waals surface area contributed by atoms with Crippen molar-refractivity contribution in [1.82, 2.24) is 0 Å². The van der Waals surface area contributed by atoms with Crippen LogP contribution in [0.5, 0.6) is 0 Å². The minimum Gasteiger partial charge on any atom is -0.373 e. The molecule has 2 heteroatoms. The Morgan fingerprint density at radius 2 is 1.82 bits per heavy atom. The summed E-state index contributed by atoms with van der Waals surface area (Å²) in [5, 5.41) is 0. The van der Waals surface area contributed by atoms with Crippen LogP contribution in [0.2, 0.25) is 0 Å². The van der Waals surface area contributed by atoms with Crippen molar-refractivity contribution in [2.75, 3.05) is 6.61 Å². The number of hydrogen-bond acceptors (Lipinski definition) is 2. The molecule has 0 N–H and O–H groups in total. The second-order valence-electron chi connectivity index (χ2n) is 3.15. The van der Waals surface area contributed by atoms with Crippen LogP contribution >= 0.6 is 0 Å². The topological polar surface area (TPSA) is 25.1 Å². The molecule has 3 unspecified atom stereocenters. The van der Waals surface area contributed by atoms with Crippen molar-refractivity contribution in [3.8, 4) is 0 Å². The van der Waals surface area contributed by atoms with Gasteiger partial charge >= 0.3 is 0 Å². The SMILES string of the molecule is CCC1CO1.CCC1OC1C. The molecule has 2 nitrogen and oxygen atoms in total. The maximum Gasteiger partial charge on any atom is 0.0836 e. The lowest BCUT2D eigenvalue weighted by Crippen LogP contribution is -1.81. The second-order valence-corrected chi connectivity index (χ2v) is 3.15. The number of hydrogen-bond donors (Lipinski definition) is 0. The summed E-state index contributed by atoms with van der Waals surface area (Å²) in [6, 6.07) is 0. The molecule has 0 aliphatic carbocycles. The zero-order chi connectivity index (χ0) is 8.27. The first-order chi connectivity index (χ1) is 5.27. The van der Waals surface area contributed by atoms with Crippen LogP contribution in [0.4, 0.5) is 0 Å². The minimum absolute atomic E-state index is 0.565. The maximum atomic E-state index is 5.07. The van der Waals surface area contributed by atoms with Crippen LogP contribution in [0, 0.1) is 0 Å². The first kappa shape index (κ1) is 9.01. The Morgan fingerprint density at radius 1 is 1.27 bits per heavy atom. The summed E-state index contributed by atoms with van der Waals surface area (Å²) in [4.78, 5) is 0. The first-order valence-electron chi connectivity index (χ1n) is 4.55. The van der Waals surface area contributed by atoms with E-state index in [0.29, 0.717) is 18.3 Å². The summed E-state index contributed by atoms with van der Waals surface area (Å²) in [6.45, 7) is 7.40. The molecule has 2 fully saturated rings. The highest BCUT2D eigenvalue weighted by molar-refractivity contribution is 4.77. The molecule has 66 valence electrons. The molecule has 0 aromatic rings. The third-order valence-corrected chi connectivity index (χ3v) is 2.10. The first-order valence-corrected chi connectivity index (χ1v) is 4.55. The highest BCUT2D eigenvalue weighted by atomic mass is 16.6. The summed E-state index contributed by atoms with van der Waals surface area (Å²) in [5.41, 5.74) is 0. The van der Waals surface area contributed by atoms with Gasteiger partial charge < -0.3 is 9.47 Å². The molecular formula is C9H18O2. The van der Waals surface area contributed by atoms with Crippen LogP contribution in [0.3, 0.4) is 0 Å². The van der Waals surface area contributed by atoms with E-state index in [9.17, 15) is 0 Å². The quantitative estimate of drug-likeness (QED) is 0.574. The van der Waals surface area contributed by atoms with Gasteiger partial charge in [-0.3, -0.25) is 0 Å². The van der Waals surface area contributed by atoms with Gasteiger partial charge in [-0.15, -0.1) is 0 Å². The summed E-state index contributed by atoms with van der Waals surface area (Å²) in [5.74, 6) is 0. The van der Waals surface area contributed by atoms with Gasteiger partial charge in [-0.25, -0.2) is 0 Å². The van der Waals surface area contributed by atoms with E-state index in [0.717, 1.165) is 6.61 Å². The van der Waals surface area contributed by atoms with Gasteiger partial charge in [-0.05, 0) is 19.8 Å². The van der Waals surface area contributed by atoms with E-state index in [1.807, 2.05) is 0 Å². The minimum atomic E-state index is 0.565. The largest absolute Gasteiger partial charge is 0.373 e. The van der Waals surface area contributed by atoms with E-state index in [1.165, 1.54) is 12.8 Å². The Bertz CT molecular complexity index is 108. The Labute approximate surface area is 68.9 Å². The number of rotatable bonds is 2. The van der Waals surface area contributed by atoms with Crippen molar-refractivity contribution < 1.29 is 9.47 Å². The zero-order valence-electron chi connectivity index (χ0n) is 7.67. The molecule has 2 heterocycles. The molecule has 2 aliphatic heterocycles. The molecule has 0 aromatic carbocycles. The lowest BCUT2D eigenvalue weighted by atomic mass is 10.3. The van der Waals surface area contributed by atoms with E-state index in [-0.39, 0.29) is 0 Å². The Kier molecular flexibility index (Phi) is 3.34. The molecule has 0 bridgehead atoms. The van der Waals surface area contributed by atoms with Gasteiger partial charge in [-0.2, -0.15) is 0 Å². The van der Waals surface area contributed by atoms with Crippen LogP contribution in [0.15, 0.2) is 0 Å². The predicted molar refractivity (Wildman–Crippen MR) is 44.7 cm³/mol. The van der Waals surface area contributed by atoms with Crippen LogP contribution in [0.25, 0.3) is 0 Å². The fourth-order valence-corrected chi connectivity index (χ4v) is 0.962. The van der Waals surface area contributed by atoms with E-state index >= 15 is 0 Å². The van der Waals surface area contributed by atoms with E-state index in [4.69, 9.17) is 9.47 Å². The van der Waals surface area contributed by atoms with Gasteiger partial charge in [0, 0.05) is 0 Å². The lowest BCUT2D eigenvalue weighted by Gasteiger charge is -1.72. The highest BCUT2D eigenvalue weighted by Gasteiger charge is 2.31. The van der Waals surface area contributed by atoms with Crippen molar-refractivity contribution in [3.05, 3.63) is 0 Å². The van der Waals surface area contributed by atoms with Crippen LogP contribution in [0.1, 0.15) is 33.6 Å². The maximum absolute atomic E-state index is 5.07. The van der Waals surface area contributed by atoms with Crippen molar-refractivity contribution in [2.24, 2.45) is 0 Å². The third kappa shape index (κ3) is 3.73. The Balaban J connectivity index is 0.000000112. The number of ether oxygens (including phenoxy) is 2. The number of epoxide rings is 2. The van der Waals surface area contributed by atoms with Crippen molar-refractivity contribution >= 4 is 0 Å².